The molecule has 96 valence electrons. The molecule has 17 heavy (non-hydrogen) atoms. The Balaban J connectivity index is 2.98. The number of ether oxygens (including phenoxy) is 3. The third-order valence-electron chi connectivity index (χ3n) is 1.55. The molecule has 0 aromatic carbocycles. The zero-order chi connectivity index (χ0) is 12.6. The first-order chi connectivity index (χ1) is 8.41. The molecule has 0 rings (SSSR count). The van der Waals surface area contributed by atoms with E-state index in [2.05, 4.69) is 32.4 Å². The second-order valence-electron chi connectivity index (χ2n) is 2.76. The molecule has 0 atom stereocenters. The first-order valence-corrected chi connectivity index (χ1v) is 5.60. The summed E-state index contributed by atoms with van der Waals surface area (Å²) in [5.41, 5.74) is 7.99. The molecule has 0 aliphatic carbocycles. The van der Waals surface area contributed by atoms with Gasteiger partial charge in [0.15, 0.2) is 0 Å². The normalized spacial score (nSPS) is 9.41. The van der Waals surface area contributed by atoms with E-state index in [-0.39, 0.29) is 0 Å². The van der Waals surface area contributed by atoms with Gasteiger partial charge in [-0.1, -0.05) is 5.11 Å². The monoisotopic (exact) mass is 260 g/mol. The molecule has 0 aromatic heterocycles. The average Bonchev–Trinajstić information content (AvgIpc) is 2.35. The Morgan fingerprint density at radius 1 is 0.941 bits per heavy atom. The SMILES string of the molecule is [N-]=[N+]=NCCOCCOCCOCCN=C=S. The topological polar surface area (TPSA) is 88.8 Å². The minimum Gasteiger partial charge on any atom is -0.379 e. The zero-order valence-corrected chi connectivity index (χ0v) is 10.4. The molecular weight excluding hydrogens is 244 g/mol. The summed E-state index contributed by atoms with van der Waals surface area (Å²) in [6.45, 7) is 3.84. The number of thiocarbonyl (C=S) groups is 1. The highest BCUT2D eigenvalue weighted by atomic mass is 32.1. The van der Waals surface area contributed by atoms with Crippen LogP contribution in [0.25, 0.3) is 10.4 Å². The largest absolute Gasteiger partial charge is 0.379 e. The van der Waals surface area contributed by atoms with Crippen molar-refractivity contribution in [2.75, 3.05) is 52.7 Å². The maximum atomic E-state index is 7.99. The Labute approximate surface area is 105 Å². The Kier molecular flexibility index (Phi) is 14.1. The van der Waals surface area contributed by atoms with Gasteiger partial charge < -0.3 is 14.2 Å². The first kappa shape index (κ1) is 16.0. The van der Waals surface area contributed by atoms with Gasteiger partial charge in [-0.05, 0) is 17.7 Å². The van der Waals surface area contributed by atoms with Gasteiger partial charge in [0.05, 0.1) is 51.3 Å². The minimum absolute atomic E-state index is 0.347. The molecule has 0 unspecified atom stereocenters. The summed E-state index contributed by atoms with van der Waals surface area (Å²) in [5.74, 6) is 0. The van der Waals surface area contributed by atoms with Gasteiger partial charge in [-0.15, -0.1) is 0 Å². The van der Waals surface area contributed by atoms with Crippen molar-refractivity contribution in [1.82, 2.24) is 0 Å². The van der Waals surface area contributed by atoms with Crippen LogP contribution in [0.15, 0.2) is 10.1 Å². The van der Waals surface area contributed by atoms with Crippen molar-refractivity contribution in [2.45, 2.75) is 0 Å². The summed E-state index contributed by atoms with van der Waals surface area (Å²) >= 11 is 4.40. The average molecular weight is 260 g/mol. The smallest absolute Gasteiger partial charge is 0.0727 e. The van der Waals surface area contributed by atoms with E-state index in [1.165, 1.54) is 0 Å². The van der Waals surface area contributed by atoms with Crippen LogP contribution in [0, 0.1) is 0 Å². The molecule has 0 aliphatic heterocycles. The molecule has 0 heterocycles. The van der Waals surface area contributed by atoms with Crippen molar-refractivity contribution in [1.29, 1.82) is 0 Å². The maximum Gasteiger partial charge on any atom is 0.0727 e. The lowest BCUT2D eigenvalue weighted by Crippen LogP contribution is -2.11. The summed E-state index contributed by atoms with van der Waals surface area (Å²) in [7, 11) is 0. The van der Waals surface area contributed by atoms with Crippen LogP contribution in [0.3, 0.4) is 0 Å². The van der Waals surface area contributed by atoms with Crippen LogP contribution in [-0.2, 0) is 14.2 Å². The van der Waals surface area contributed by atoms with Gasteiger partial charge in [0.1, 0.15) is 0 Å². The van der Waals surface area contributed by atoms with Crippen molar-refractivity contribution in [3.63, 3.8) is 0 Å². The van der Waals surface area contributed by atoms with Crippen molar-refractivity contribution in [2.24, 2.45) is 10.1 Å². The standard InChI is InChI=1S/C9H16N4O3S/c10-13-12-2-4-15-6-8-16-7-5-14-3-1-11-9-17/h1-8H2. The van der Waals surface area contributed by atoms with Crippen LogP contribution in [-0.4, -0.2) is 57.9 Å². The number of nitrogens with zero attached hydrogens (tertiary/aromatic N) is 4. The number of hydrogen-bond donors (Lipinski definition) is 0. The lowest BCUT2D eigenvalue weighted by molar-refractivity contribution is 0.0176. The molecule has 0 N–H and O–H groups in total. The summed E-state index contributed by atoms with van der Waals surface area (Å²) in [5, 5.41) is 5.59. The predicted octanol–water partition coefficient (Wildman–Crippen LogP) is 1.45. The van der Waals surface area contributed by atoms with E-state index in [4.69, 9.17) is 19.7 Å². The summed E-state index contributed by atoms with van der Waals surface area (Å²) in [6.07, 6.45) is 0. The molecule has 0 bridgehead atoms. The van der Waals surface area contributed by atoms with E-state index in [9.17, 15) is 0 Å². The fraction of sp³-hybridized carbons (Fsp3) is 0.889. The summed E-state index contributed by atoms with van der Waals surface area (Å²) < 4.78 is 15.6. The molecule has 0 aliphatic rings. The van der Waals surface area contributed by atoms with E-state index in [1.807, 2.05) is 0 Å². The number of azide groups is 1. The predicted molar refractivity (Wildman–Crippen MR) is 66.4 cm³/mol. The van der Waals surface area contributed by atoms with Gasteiger partial charge in [-0.3, -0.25) is 0 Å². The van der Waals surface area contributed by atoms with Crippen molar-refractivity contribution >= 4 is 17.4 Å². The van der Waals surface area contributed by atoms with E-state index < -0.39 is 0 Å². The van der Waals surface area contributed by atoms with Gasteiger partial charge in [0.25, 0.3) is 0 Å². The van der Waals surface area contributed by atoms with Crippen LogP contribution < -0.4 is 0 Å². The molecule has 0 saturated heterocycles. The second kappa shape index (κ2) is 15.0. The number of aliphatic imine (C=N–C) groups is 1. The van der Waals surface area contributed by atoms with E-state index in [1.54, 1.807) is 0 Å². The Morgan fingerprint density at radius 2 is 1.47 bits per heavy atom. The van der Waals surface area contributed by atoms with Crippen molar-refractivity contribution in [3.05, 3.63) is 10.4 Å². The van der Waals surface area contributed by atoms with Gasteiger partial charge in [0, 0.05) is 11.5 Å². The van der Waals surface area contributed by atoms with Crippen LogP contribution in [0.4, 0.5) is 0 Å². The molecule has 0 saturated carbocycles. The molecular formula is C9H16N4O3S. The summed E-state index contributed by atoms with van der Waals surface area (Å²) in [6, 6.07) is 0. The number of isothiocyanates is 1. The number of rotatable bonds is 12. The van der Waals surface area contributed by atoms with Crippen LogP contribution in [0.5, 0.6) is 0 Å². The molecule has 0 fully saturated rings. The third-order valence-corrected chi connectivity index (χ3v) is 1.68. The second-order valence-corrected chi connectivity index (χ2v) is 2.95. The molecule has 8 heteroatoms. The quantitative estimate of drug-likeness (QED) is 0.133. The highest BCUT2D eigenvalue weighted by Gasteiger charge is 1.90. The maximum absolute atomic E-state index is 7.99. The van der Waals surface area contributed by atoms with Crippen molar-refractivity contribution < 1.29 is 14.2 Å². The molecule has 7 nitrogen and oxygen atoms in total. The van der Waals surface area contributed by atoms with Gasteiger partial charge in [-0.2, -0.15) is 0 Å². The van der Waals surface area contributed by atoms with Crippen LogP contribution >= 0.6 is 12.2 Å². The highest BCUT2D eigenvalue weighted by molar-refractivity contribution is 7.78. The lowest BCUT2D eigenvalue weighted by Gasteiger charge is -2.05. The fourth-order valence-electron chi connectivity index (χ4n) is 0.848. The van der Waals surface area contributed by atoms with Crippen molar-refractivity contribution in [3.8, 4) is 0 Å². The Bertz CT molecular complexity index is 239. The summed E-state index contributed by atoms with van der Waals surface area (Å²) in [4.78, 5) is 6.30. The molecule has 0 amide bonds. The number of hydrogen-bond acceptors (Lipinski definition) is 6. The van der Waals surface area contributed by atoms with Gasteiger partial charge in [-0.25, -0.2) is 4.99 Å². The molecule has 0 spiro atoms. The van der Waals surface area contributed by atoms with E-state index in [0.29, 0.717) is 52.7 Å². The minimum atomic E-state index is 0.347. The van der Waals surface area contributed by atoms with Crippen LogP contribution in [0.2, 0.25) is 0 Å². The molecule has 0 aromatic rings. The van der Waals surface area contributed by atoms with E-state index >= 15 is 0 Å². The first-order valence-electron chi connectivity index (χ1n) is 5.19. The van der Waals surface area contributed by atoms with Gasteiger partial charge in [0.2, 0.25) is 0 Å². The highest BCUT2D eigenvalue weighted by Crippen LogP contribution is 1.82. The third kappa shape index (κ3) is 15.0. The van der Waals surface area contributed by atoms with Gasteiger partial charge >= 0.3 is 0 Å². The van der Waals surface area contributed by atoms with E-state index in [0.717, 1.165) is 0 Å². The van der Waals surface area contributed by atoms with Crippen LogP contribution in [0.1, 0.15) is 0 Å². The molecule has 0 radical (unpaired) electrons. The zero-order valence-electron chi connectivity index (χ0n) is 9.58. The lowest BCUT2D eigenvalue weighted by atomic mass is 10.6. The Morgan fingerprint density at radius 3 is 2.00 bits per heavy atom. The fourth-order valence-corrected chi connectivity index (χ4v) is 0.939. The Hall–Kier alpha value is -1.01.